The molecule has 1 aromatic carbocycles. The van der Waals surface area contributed by atoms with Gasteiger partial charge in [0, 0.05) is 22.8 Å². The van der Waals surface area contributed by atoms with E-state index in [1.54, 1.807) is 6.07 Å². The Kier molecular flexibility index (Phi) is 4.39. The number of benzene rings is 1. The number of hydrogen-bond donors (Lipinski definition) is 1. The average Bonchev–Trinajstić information content (AvgIpc) is 3.16. The fraction of sp³-hybridized carbons (Fsp3) is 0.500. The third-order valence-electron chi connectivity index (χ3n) is 3.74. The second-order valence-corrected chi connectivity index (χ2v) is 7.96. The molecule has 0 bridgehead atoms. The van der Waals surface area contributed by atoms with Crippen LogP contribution in [-0.2, 0) is 9.05 Å². The molecule has 110 valence electrons. The maximum absolute atomic E-state index is 12.1. The molecule has 4 nitrogen and oxygen atoms in total. The molecule has 1 aliphatic carbocycles. The van der Waals surface area contributed by atoms with Gasteiger partial charge in [0.15, 0.2) is 0 Å². The first kappa shape index (κ1) is 15.3. The van der Waals surface area contributed by atoms with E-state index in [9.17, 15) is 13.2 Å². The van der Waals surface area contributed by atoms with Gasteiger partial charge in [0.1, 0.15) is 0 Å². The van der Waals surface area contributed by atoms with Crippen LogP contribution in [0.5, 0.6) is 0 Å². The van der Waals surface area contributed by atoms with Crippen molar-refractivity contribution in [2.45, 2.75) is 37.5 Å². The van der Waals surface area contributed by atoms with E-state index in [0.29, 0.717) is 12.1 Å². The molecule has 1 amide bonds. The van der Waals surface area contributed by atoms with Gasteiger partial charge in [-0.05, 0) is 42.9 Å². The lowest BCUT2D eigenvalue weighted by Gasteiger charge is -2.15. The zero-order valence-corrected chi connectivity index (χ0v) is 12.9. The summed E-state index contributed by atoms with van der Waals surface area (Å²) in [6, 6.07) is 5.78. The van der Waals surface area contributed by atoms with Gasteiger partial charge >= 0.3 is 0 Å². The molecular weight excluding hydrogens is 298 g/mol. The highest BCUT2D eigenvalue weighted by molar-refractivity contribution is 8.13. The van der Waals surface area contributed by atoms with Crippen molar-refractivity contribution in [1.82, 2.24) is 5.32 Å². The van der Waals surface area contributed by atoms with Crippen molar-refractivity contribution in [3.8, 4) is 0 Å². The van der Waals surface area contributed by atoms with Crippen LogP contribution in [-0.4, -0.2) is 20.9 Å². The maximum Gasteiger partial charge on any atom is 0.261 e. The van der Waals surface area contributed by atoms with Gasteiger partial charge in [0.05, 0.1) is 4.90 Å². The van der Waals surface area contributed by atoms with E-state index >= 15 is 0 Å². The first-order chi connectivity index (χ1) is 9.36. The molecule has 0 saturated heterocycles. The molecule has 0 spiro atoms. The molecule has 0 aromatic heterocycles. The number of carbonyl (C=O) groups excluding carboxylic acids is 1. The summed E-state index contributed by atoms with van der Waals surface area (Å²) in [6.07, 6.45) is 4.52. The molecule has 0 heterocycles. The third-order valence-corrected chi connectivity index (χ3v) is 5.09. The first-order valence-electron chi connectivity index (χ1n) is 6.69. The highest BCUT2D eigenvalue weighted by atomic mass is 35.7. The second-order valence-electron chi connectivity index (χ2n) is 5.40. The number of nitrogens with one attached hydrogen (secondary N) is 1. The predicted molar refractivity (Wildman–Crippen MR) is 78.4 cm³/mol. The molecule has 0 radical (unpaired) electrons. The van der Waals surface area contributed by atoms with Crippen LogP contribution in [0.3, 0.4) is 0 Å². The van der Waals surface area contributed by atoms with Crippen molar-refractivity contribution >= 4 is 25.6 Å². The largest absolute Gasteiger partial charge is 0.351 e. The number of hydrogen-bond acceptors (Lipinski definition) is 3. The minimum Gasteiger partial charge on any atom is -0.351 e. The summed E-state index contributed by atoms with van der Waals surface area (Å²) in [5.74, 6) is -0.255. The minimum absolute atomic E-state index is 0.0542. The topological polar surface area (TPSA) is 63.2 Å². The van der Waals surface area contributed by atoms with Crippen LogP contribution in [0.4, 0.5) is 0 Å². The van der Waals surface area contributed by atoms with Gasteiger partial charge in [0.25, 0.3) is 15.0 Å². The Morgan fingerprint density at radius 3 is 2.65 bits per heavy atom. The van der Waals surface area contributed by atoms with E-state index in [-0.39, 0.29) is 16.2 Å². The summed E-state index contributed by atoms with van der Waals surface area (Å²) >= 11 is 0. The Hall–Kier alpha value is -1.07. The predicted octanol–water partition coefficient (Wildman–Crippen LogP) is 2.92. The molecule has 0 unspecified atom stereocenters. The first-order valence-corrected chi connectivity index (χ1v) is 9.00. The normalized spacial score (nSPS) is 16.7. The molecule has 1 N–H and O–H groups in total. The Balaban J connectivity index is 2.03. The lowest BCUT2D eigenvalue weighted by molar-refractivity contribution is 0.0943. The van der Waals surface area contributed by atoms with Crippen LogP contribution >= 0.6 is 10.7 Å². The molecule has 2 rings (SSSR count). The molecule has 0 aliphatic heterocycles. The van der Waals surface area contributed by atoms with E-state index in [1.807, 2.05) is 0 Å². The van der Waals surface area contributed by atoms with Crippen molar-refractivity contribution in [3.05, 3.63) is 29.8 Å². The third kappa shape index (κ3) is 3.73. The van der Waals surface area contributed by atoms with Gasteiger partial charge < -0.3 is 5.32 Å². The summed E-state index contributed by atoms with van der Waals surface area (Å²) in [6.45, 7) is 2.79. The Bertz CT molecular complexity index is 609. The molecule has 1 aliphatic rings. The molecule has 20 heavy (non-hydrogen) atoms. The second kappa shape index (κ2) is 5.74. The van der Waals surface area contributed by atoms with Gasteiger partial charge in [-0.1, -0.05) is 19.4 Å². The highest BCUT2D eigenvalue weighted by Gasteiger charge is 2.41. The fourth-order valence-corrected chi connectivity index (χ4v) is 3.18. The van der Waals surface area contributed by atoms with Gasteiger partial charge in [-0.25, -0.2) is 8.42 Å². The summed E-state index contributed by atoms with van der Waals surface area (Å²) in [4.78, 5) is 12.0. The van der Waals surface area contributed by atoms with Crippen molar-refractivity contribution in [2.75, 3.05) is 6.54 Å². The Morgan fingerprint density at radius 1 is 1.40 bits per heavy atom. The molecule has 1 aromatic rings. The van der Waals surface area contributed by atoms with Crippen molar-refractivity contribution in [1.29, 1.82) is 0 Å². The monoisotopic (exact) mass is 315 g/mol. The van der Waals surface area contributed by atoms with Gasteiger partial charge in [-0.3, -0.25) is 4.79 Å². The number of amides is 1. The zero-order valence-electron chi connectivity index (χ0n) is 11.4. The number of halogens is 1. The lowest BCUT2D eigenvalue weighted by Crippen LogP contribution is -2.30. The van der Waals surface area contributed by atoms with Gasteiger partial charge in [-0.2, -0.15) is 0 Å². The summed E-state index contributed by atoms with van der Waals surface area (Å²) < 4.78 is 22.5. The van der Waals surface area contributed by atoms with Crippen LogP contribution in [0, 0.1) is 5.41 Å². The number of carbonyl (C=O) groups is 1. The van der Waals surface area contributed by atoms with E-state index in [1.165, 1.54) is 18.2 Å². The SMILES string of the molecule is CCCC1(CNC(=O)c2cccc(S(=O)(=O)Cl)c2)CC1. The summed E-state index contributed by atoms with van der Waals surface area (Å²) in [5.41, 5.74) is 0.583. The lowest BCUT2D eigenvalue weighted by atomic mass is 10.0. The standard InChI is InChI=1S/C14H18ClNO3S/c1-2-6-14(7-8-14)10-16-13(17)11-4-3-5-12(9-11)20(15,18)19/h3-5,9H,2,6-8,10H2,1H3,(H,16,17). The van der Waals surface area contributed by atoms with Crippen LogP contribution < -0.4 is 5.32 Å². The minimum atomic E-state index is -3.81. The van der Waals surface area contributed by atoms with Crippen molar-refractivity contribution < 1.29 is 13.2 Å². The van der Waals surface area contributed by atoms with Crippen molar-refractivity contribution in [2.24, 2.45) is 5.41 Å². The van der Waals surface area contributed by atoms with Gasteiger partial charge in [-0.15, -0.1) is 0 Å². The molecular formula is C14H18ClNO3S. The Labute approximate surface area is 123 Å². The molecule has 6 heteroatoms. The average molecular weight is 316 g/mol. The van der Waals surface area contributed by atoms with Crippen LogP contribution in [0.25, 0.3) is 0 Å². The summed E-state index contributed by atoms with van der Waals surface area (Å²) in [5, 5.41) is 2.89. The van der Waals surface area contributed by atoms with Crippen LogP contribution in [0.15, 0.2) is 29.2 Å². The van der Waals surface area contributed by atoms with E-state index in [0.717, 1.165) is 25.7 Å². The van der Waals surface area contributed by atoms with E-state index in [4.69, 9.17) is 10.7 Å². The molecule has 1 saturated carbocycles. The van der Waals surface area contributed by atoms with E-state index in [2.05, 4.69) is 12.2 Å². The van der Waals surface area contributed by atoms with E-state index < -0.39 is 9.05 Å². The maximum atomic E-state index is 12.1. The zero-order chi connectivity index (χ0) is 14.8. The van der Waals surface area contributed by atoms with Crippen molar-refractivity contribution in [3.63, 3.8) is 0 Å². The highest BCUT2D eigenvalue weighted by Crippen LogP contribution is 2.48. The fourth-order valence-electron chi connectivity index (χ4n) is 2.38. The van der Waals surface area contributed by atoms with Crippen LogP contribution in [0.2, 0.25) is 0 Å². The Morgan fingerprint density at radius 2 is 2.10 bits per heavy atom. The number of rotatable bonds is 6. The summed E-state index contributed by atoms with van der Waals surface area (Å²) in [7, 11) is 1.47. The smallest absolute Gasteiger partial charge is 0.261 e. The molecule has 1 fully saturated rings. The van der Waals surface area contributed by atoms with Crippen LogP contribution in [0.1, 0.15) is 43.0 Å². The molecule has 0 atom stereocenters. The van der Waals surface area contributed by atoms with Gasteiger partial charge in [0.2, 0.25) is 0 Å². The quantitative estimate of drug-likeness (QED) is 0.821.